The SMILES string of the molecule is O=C(O)C(Cc1ccccc1Cl)Nc1nc(Nc2ccc(Cl)c(Cl)c2)ncc1C(F)(F)F. The lowest BCUT2D eigenvalue weighted by Gasteiger charge is -2.19. The second kappa shape index (κ2) is 9.81. The van der Waals surface area contributed by atoms with Gasteiger partial charge in [0.2, 0.25) is 5.95 Å². The number of aromatic nitrogens is 2. The van der Waals surface area contributed by atoms with Crippen molar-refractivity contribution >= 4 is 58.2 Å². The fourth-order valence-electron chi connectivity index (χ4n) is 2.71. The standard InChI is InChI=1S/C20H14Cl3F3N4O2/c21-13-4-2-1-3-10(13)7-16(18(31)32)29-17-12(20(24,25)26)9-27-19(30-17)28-11-5-6-14(22)15(23)8-11/h1-6,8-9,16H,7H2,(H,31,32)(H2,27,28,29,30). The van der Waals surface area contributed by atoms with Crippen LogP contribution in [0.15, 0.2) is 48.7 Å². The molecule has 0 aliphatic heterocycles. The second-order valence-corrected chi connectivity index (χ2v) is 7.76. The van der Waals surface area contributed by atoms with E-state index in [1.807, 2.05) is 0 Å². The molecule has 0 amide bonds. The zero-order valence-electron chi connectivity index (χ0n) is 15.9. The maximum Gasteiger partial charge on any atom is 0.421 e. The van der Waals surface area contributed by atoms with Gasteiger partial charge < -0.3 is 15.7 Å². The number of hydrogen-bond acceptors (Lipinski definition) is 5. The molecule has 12 heteroatoms. The Morgan fingerprint density at radius 2 is 1.78 bits per heavy atom. The number of carbonyl (C=O) groups is 1. The van der Waals surface area contributed by atoms with Crippen molar-refractivity contribution < 1.29 is 23.1 Å². The first-order valence-electron chi connectivity index (χ1n) is 8.93. The van der Waals surface area contributed by atoms with E-state index < -0.39 is 29.6 Å². The molecule has 0 bridgehead atoms. The number of carboxylic acids is 1. The van der Waals surface area contributed by atoms with Gasteiger partial charge in [-0.05, 0) is 29.8 Å². The maximum atomic E-state index is 13.5. The van der Waals surface area contributed by atoms with Crippen LogP contribution in [-0.4, -0.2) is 27.1 Å². The normalized spacial score (nSPS) is 12.3. The van der Waals surface area contributed by atoms with Gasteiger partial charge in [-0.3, -0.25) is 0 Å². The highest BCUT2D eigenvalue weighted by molar-refractivity contribution is 6.42. The Labute approximate surface area is 195 Å². The van der Waals surface area contributed by atoms with E-state index in [1.165, 1.54) is 18.2 Å². The van der Waals surface area contributed by atoms with Crippen LogP contribution in [0.3, 0.4) is 0 Å². The summed E-state index contributed by atoms with van der Waals surface area (Å²) in [5.41, 5.74) is -0.399. The summed E-state index contributed by atoms with van der Waals surface area (Å²) in [5, 5.41) is 15.4. The Morgan fingerprint density at radius 1 is 1.06 bits per heavy atom. The van der Waals surface area contributed by atoms with E-state index in [2.05, 4.69) is 20.6 Å². The Balaban J connectivity index is 1.94. The minimum absolute atomic E-state index is 0.175. The third kappa shape index (κ3) is 5.93. The average molecular weight is 506 g/mol. The molecular weight excluding hydrogens is 492 g/mol. The molecule has 1 unspecified atom stereocenters. The summed E-state index contributed by atoms with van der Waals surface area (Å²) in [6, 6.07) is 9.45. The molecule has 168 valence electrons. The van der Waals surface area contributed by atoms with Crippen molar-refractivity contribution in [1.29, 1.82) is 0 Å². The third-order valence-electron chi connectivity index (χ3n) is 4.26. The molecule has 1 aromatic heterocycles. The van der Waals surface area contributed by atoms with Gasteiger partial charge in [0, 0.05) is 23.3 Å². The fourth-order valence-corrected chi connectivity index (χ4v) is 3.22. The summed E-state index contributed by atoms with van der Waals surface area (Å²) in [6.07, 6.45) is -4.44. The fraction of sp³-hybridized carbons (Fsp3) is 0.150. The van der Waals surface area contributed by atoms with E-state index in [0.717, 1.165) is 0 Å². The minimum Gasteiger partial charge on any atom is -0.480 e. The monoisotopic (exact) mass is 504 g/mol. The number of hydrogen-bond donors (Lipinski definition) is 3. The largest absolute Gasteiger partial charge is 0.480 e. The lowest BCUT2D eigenvalue weighted by atomic mass is 10.1. The Bertz CT molecular complexity index is 1150. The number of benzene rings is 2. The van der Waals surface area contributed by atoms with Crippen LogP contribution in [0.4, 0.5) is 30.6 Å². The van der Waals surface area contributed by atoms with E-state index >= 15 is 0 Å². The molecule has 32 heavy (non-hydrogen) atoms. The third-order valence-corrected chi connectivity index (χ3v) is 5.37. The number of rotatable bonds is 7. The highest BCUT2D eigenvalue weighted by atomic mass is 35.5. The van der Waals surface area contributed by atoms with Gasteiger partial charge in [0.15, 0.2) is 0 Å². The lowest BCUT2D eigenvalue weighted by Crippen LogP contribution is -2.33. The number of nitrogens with one attached hydrogen (secondary N) is 2. The van der Waals surface area contributed by atoms with Crippen LogP contribution in [-0.2, 0) is 17.4 Å². The van der Waals surface area contributed by atoms with Crippen LogP contribution in [0.1, 0.15) is 11.1 Å². The topological polar surface area (TPSA) is 87.1 Å². The van der Waals surface area contributed by atoms with Crippen molar-refractivity contribution in [2.24, 2.45) is 0 Å². The van der Waals surface area contributed by atoms with Crippen molar-refractivity contribution in [3.8, 4) is 0 Å². The molecule has 3 aromatic rings. The Hall–Kier alpha value is -2.75. The first kappa shape index (κ1) is 23.9. The van der Waals surface area contributed by atoms with Gasteiger partial charge in [-0.25, -0.2) is 9.78 Å². The number of carboxylic acid groups (broad SMARTS) is 1. The van der Waals surface area contributed by atoms with Gasteiger partial charge in [-0.2, -0.15) is 18.2 Å². The molecule has 2 aromatic carbocycles. The zero-order chi connectivity index (χ0) is 23.5. The summed E-state index contributed by atoms with van der Waals surface area (Å²) in [7, 11) is 0. The first-order chi connectivity index (χ1) is 15.0. The van der Waals surface area contributed by atoms with Crippen LogP contribution in [0.5, 0.6) is 0 Å². The highest BCUT2D eigenvalue weighted by Crippen LogP contribution is 2.35. The molecule has 3 rings (SSSR count). The number of nitrogens with zero attached hydrogens (tertiary/aromatic N) is 2. The van der Waals surface area contributed by atoms with Gasteiger partial charge in [-0.1, -0.05) is 53.0 Å². The summed E-state index contributed by atoms with van der Waals surface area (Å²) in [5.74, 6) is -2.29. The zero-order valence-corrected chi connectivity index (χ0v) is 18.2. The molecule has 0 radical (unpaired) electrons. The van der Waals surface area contributed by atoms with Crippen LogP contribution < -0.4 is 10.6 Å². The number of aliphatic carboxylic acids is 1. The van der Waals surface area contributed by atoms with Gasteiger partial charge in [0.05, 0.1) is 10.0 Å². The van der Waals surface area contributed by atoms with E-state index in [9.17, 15) is 23.1 Å². The van der Waals surface area contributed by atoms with Gasteiger partial charge >= 0.3 is 12.1 Å². The molecule has 3 N–H and O–H groups in total. The van der Waals surface area contributed by atoms with Crippen molar-refractivity contribution in [3.05, 3.63) is 74.9 Å². The predicted molar refractivity (Wildman–Crippen MR) is 117 cm³/mol. The maximum absolute atomic E-state index is 13.5. The number of anilines is 3. The van der Waals surface area contributed by atoms with E-state index in [1.54, 1.807) is 24.3 Å². The average Bonchev–Trinajstić information content (AvgIpc) is 2.71. The summed E-state index contributed by atoms with van der Waals surface area (Å²) < 4.78 is 40.5. The van der Waals surface area contributed by atoms with Crippen molar-refractivity contribution in [2.75, 3.05) is 10.6 Å². The number of alkyl halides is 3. The van der Waals surface area contributed by atoms with Crippen LogP contribution >= 0.6 is 34.8 Å². The van der Waals surface area contributed by atoms with Crippen molar-refractivity contribution in [3.63, 3.8) is 0 Å². The molecule has 0 aliphatic carbocycles. The smallest absolute Gasteiger partial charge is 0.421 e. The van der Waals surface area contributed by atoms with Crippen molar-refractivity contribution in [2.45, 2.75) is 18.6 Å². The quantitative estimate of drug-likeness (QED) is 0.349. The molecule has 0 saturated heterocycles. The number of halogens is 6. The molecule has 0 saturated carbocycles. The molecular formula is C20H14Cl3F3N4O2. The van der Waals surface area contributed by atoms with Crippen molar-refractivity contribution in [1.82, 2.24) is 9.97 Å². The summed E-state index contributed by atoms with van der Waals surface area (Å²) in [6.45, 7) is 0. The van der Waals surface area contributed by atoms with Gasteiger partial charge in [-0.15, -0.1) is 0 Å². The molecule has 0 spiro atoms. The van der Waals surface area contributed by atoms with Crippen LogP contribution in [0.25, 0.3) is 0 Å². The van der Waals surface area contributed by atoms with Gasteiger partial charge in [0.1, 0.15) is 17.4 Å². The van der Waals surface area contributed by atoms with Gasteiger partial charge in [0.25, 0.3) is 0 Å². The lowest BCUT2D eigenvalue weighted by molar-refractivity contribution is -0.139. The van der Waals surface area contributed by atoms with E-state index in [-0.39, 0.29) is 22.4 Å². The Morgan fingerprint density at radius 3 is 2.41 bits per heavy atom. The van der Waals surface area contributed by atoms with E-state index in [0.29, 0.717) is 22.5 Å². The first-order valence-corrected chi connectivity index (χ1v) is 10.1. The molecule has 0 aliphatic rings. The predicted octanol–water partition coefficient (Wildman–Crippen LogP) is 6.31. The molecule has 1 heterocycles. The summed E-state index contributed by atoms with van der Waals surface area (Å²) >= 11 is 17.9. The minimum atomic E-state index is -4.82. The van der Waals surface area contributed by atoms with Crippen LogP contribution in [0, 0.1) is 0 Å². The highest BCUT2D eigenvalue weighted by Gasteiger charge is 2.36. The summed E-state index contributed by atoms with van der Waals surface area (Å²) in [4.78, 5) is 19.3. The molecule has 6 nitrogen and oxygen atoms in total. The second-order valence-electron chi connectivity index (χ2n) is 6.54. The molecule has 1 atom stereocenters. The van der Waals surface area contributed by atoms with Crippen LogP contribution in [0.2, 0.25) is 15.1 Å². The molecule has 0 fully saturated rings. The Kier molecular flexibility index (Phi) is 7.33. The van der Waals surface area contributed by atoms with E-state index in [4.69, 9.17) is 34.8 Å².